The van der Waals surface area contributed by atoms with Crippen LogP contribution in [0.15, 0.2) is 24.3 Å². The summed E-state index contributed by atoms with van der Waals surface area (Å²) in [7, 11) is 0. The van der Waals surface area contributed by atoms with Crippen LogP contribution in [0.2, 0.25) is 0 Å². The summed E-state index contributed by atoms with van der Waals surface area (Å²) in [6.45, 7) is 2.03. The maximum atomic E-state index is 14.1. The fourth-order valence-electron chi connectivity index (χ4n) is 3.05. The van der Waals surface area contributed by atoms with E-state index < -0.39 is 17.7 Å². The van der Waals surface area contributed by atoms with Crippen molar-refractivity contribution in [1.82, 2.24) is 0 Å². The second-order valence-corrected chi connectivity index (χ2v) is 6.38. The Hall–Kier alpha value is -1.76. The molecule has 0 bridgehead atoms. The van der Waals surface area contributed by atoms with Gasteiger partial charge in [0.15, 0.2) is 0 Å². The minimum Gasteiger partial charge on any atom is -0.206 e. The van der Waals surface area contributed by atoms with Crippen molar-refractivity contribution in [2.75, 3.05) is 0 Å². The van der Waals surface area contributed by atoms with Gasteiger partial charge in [-0.2, -0.15) is 8.78 Å². The second-order valence-electron chi connectivity index (χ2n) is 6.38. The Morgan fingerprint density at radius 3 is 2.29 bits per heavy atom. The molecule has 2 rings (SSSR count). The minimum atomic E-state index is -1.64. The van der Waals surface area contributed by atoms with Crippen LogP contribution in [0.3, 0.4) is 0 Å². The smallest absolute Gasteiger partial charge is 0.206 e. The molecule has 0 heterocycles. The molecule has 4 heteroatoms. The highest BCUT2D eigenvalue weighted by molar-refractivity contribution is 5.39. The van der Waals surface area contributed by atoms with Crippen LogP contribution in [0.4, 0.5) is 17.6 Å². The van der Waals surface area contributed by atoms with Gasteiger partial charge in [0, 0.05) is 5.92 Å². The molecule has 1 aromatic rings. The number of rotatable bonds is 4. The Morgan fingerprint density at radius 2 is 1.75 bits per heavy atom. The van der Waals surface area contributed by atoms with Gasteiger partial charge in [-0.25, -0.2) is 8.78 Å². The maximum Gasteiger partial charge on any atom is 0.266 e. The summed E-state index contributed by atoms with van der Waals surface area (Å²) in [6, 6.07) is 2.71. The molecule has 0 nitrogen and oxygen atoms in total. The molecule has 0 N–H and O–H groups in total. The number of halogens is 4. The standard InChI is InChI=1S/C20H22F4/c1-2-3-4-16-11-18(21)17(19(22)12-16)10-9-14-5-7-15(8-6-14)13-20(23)24/h11-15H,2-8H2,1H3/t14-,15-. The third-order valence-electron chi connectivity index (χ3n) is 4.46. The number of allylic oxidation sites excluding steroid dienone is 1. The van der Waals surface area contributed by atoms with Gasteiger partial charge in [0.2, 0.25) is 0 Å². The molecule has 0 amide bonds. The first-order valence-corrected chi connectivity index (χ1v) is 8.51. The lowest BCUT2D eigenvalue weighted by Crippen LogP contribution is -2.11. The third-order valence-corrected chi connectivity index (χ3v) is 4.46. The highest BCUT2D eigenvalue weighted by Crippen LogP contribution is 2.30. The number of unbranched alkanes of at least 4 members (excludes halogenated alkanes) is 1. The van der Waals surface area contributed by atoms with Crippen molar-refractivity contribution in [2.45, 2.75) is 51.9 Å². The van der Waals surface area contributed by atoms with Crippen LogP contribution in [0.1, 0.15) is 56.6 Å². The van der Waals surface area contributed by atoms with Crippen LogP contribution in [-0.4, -0.2) is 0 Å². The van der Waals surface area contributed by atoms with Crippen LogP contribution in [0.25, 0.3) is 0 Å². The van der Waals surface area contributed by atoms with E-state index in [9.17, 15) is 17.6 Å². The van der Waals surface area contributed by atoms with Crippen LogP contribution in [0, 0.1) is 35.3 Å². The van der Waals surface area contributed by atoms with E-state index in [-0.39, 0.29) is 17.4 Å². The molecule has 0 aromatic heterocycles. The van der Waals surface area contributed by atoms with Crippen molar-refractivity contribution >= 4 is 0 Å². The van der Waals surface area contributed by atoms with Crippen molar-refractivity contribution in [2.24, 2.45) is 11.8 Å². The highest BCUT2D eigenvalue weighted by atomic mass is 19.3. The van der Waals surface area contributed by atoms with Crippen molar-refractivity contribution in [1.29, 1.82) is 0 Å². The average molecular weight is 338 g/mol. The Kier molecular flexibility index (Phi) is 6.90. The molecule has 0 atom stereocenters. The van der Waals surface area contributed by atoms with Gasteiger partial charge in [-0.05, 0) is 68.2 Å². The zero-order valence-corrected chi connectivity index (χ0v) is 13.8. The second kappa shape index (κ2) is 8.92. The molecule has 1 fully saturated rings. The Bertz CT molecular complexity index is 616. The summed E-state index contributed by atoms with van der Waals surface area (Å²) in [4.78, 5) is 0. The van der Waals surface area contributed by atoms with Crippen molar-refractivity contribution in [3.63, 3.8) is 0 Å². The quantitative estimate of drug-likeness (QED) is 0.450. The lowest BCUT2D eigenvalue weighted by molar-refractivity contribution is 0.343. The summed E-state index contributed by atoms with van der Waals surface area (Å²) < 4.78 is 52.6. The molecule has 1 aliphatic carbocycles. The molecule has 1 aromatic carbocycles. The molecule has 130 valence electrons. The lowest BCUT2D eigenvalue weighted by atomic mass is 9.82. The van der Waals surface area contributed by atoms with Crippen LogP contribution in [-0.2, 0) is 6.42 Å². The van der Waals surface area contributed by atoms with Crippen LogP contribution >= 0.6 is 0 Å². The summed E-state index contributed by atoms with van der Waals surface area (Å²) in [5.74, 6) is 4.20. The molecule has 0 saturated heterocycles. The van der Waals surface area contributed by atoms with Crippen molar-refractivity contribution in [3.8, 4) is 11.8 Å². The zero-order valence-electron chi connectivity index (χ0n) is 13.8. The summed E-state index contributed by atoms with van der Waals surface area (Å²) in [5.41, 5.74) is 0.463. The van der Waals surface area contributed by atoms with E-state index in [4.69, 9.17) is 0 Å². The first kappa shape index (κ1) is 18.6. The summed E-state index contributed by atoms with van der Waals surface area (Å²) in [5, 5.41) is 0. The highest BCUT2D eigenvalue weighted by Gasteiger charge is 2.19. The number of hydrogen-bond acceptors (Lipinski definition) is 0. The maximum absolute atomic E-state index is 14.1. The van der Waals surface area contributed by atoms with Crippen LogP contribution < -0.4 is 0 Å². The number of aryl methyl sites for hydroxylation is 1. The molecule has 0 aliphatic heterocycles. The van der Waals surface area contributed by atoms with E-state index in [0.717, 1.165) is 18.9 Å². The SMILES string of the molecule is CCCCc1cc(F)c(C#C[C@H]2CC[C@H](C=C(F)F)CC2)c(F)c1. The fraction of sp³-hybridized carbons (Fsp3) is 0.500. The summed E-state index contributed by atoms with van der Waals surface area (Å²) >= 11 is 0. The van der Waals surface area contributed by atoms with E-state index in [0.29, 0.717) is 37.7 Å². The van der Waals surface area contributed by atoms with Gasteiger partial charge in [-0.3, -0.25) is 0 Å². The molecule has 1 aliphatic rings. The van der Waals surface area contributed by atoms with E-state index in [1.54, 1.807) is 0 Å². The third kappa shape index (κ3) is 5.40. The van der Waals surface area contributed by atoms with Gasteiger partial charge in [0.25, 0.3) is 6.08 Å². The largest absolute Gasteiger partial charge is 0.266 e. The van der Waals surface area contributed by atoms with Gasteiger partial charge in [0.05, 0.1) is 5.56 Å². The minimum absolute atomic E-state index is 0.0101. The summed E-state index contributed by atoms with van der Waals surface area (Å²) in [6.07, 6.45) is 4.50. The Morgan fingerprint density at radius 1 is 1.12 bits per heavy atom. The molecule has 24 heavy (non-hydrogen) atoms. The number of benzene rings is 1. The van der Waals surface area contributed by atoms with Gasteiger partial charge in [-0.15, -0.1) is 0 Å². The van der Waals surface area contributed by atoms with E-state index in [1.165, 1.54) is 12.1 Å². The first-order valence-electron chi connectivity index (χ1n) is 8.51. The Labute approximate surface area is 141 Å². The molecule has 0 spiro atoms. The molecular formula is C20H22F4. The van der Waals surface area contributed by atoms with Crippen molar-refractivity contribution < 1.29 is 17.6 Å². The first-order chi connectivity index (χ1) is 11.5. The predicted molar refractivity (Wildman–Crippen MR) is 87.6 cm³/mol. The van der Waals surface area contributed by atoms with Gasteiger partial charge in [0.1, 0.15) is 11.6 Å². The zero-order chi connectivity index (χ0) is 17.5. The van der Waals surface area contributed by atoms with Gasteiger partial charge < -0.3 is 0 Å². The van der Waals surface area contributed by atoms with E-state index in [1.807, 2.05) is 6.92 Å². The lowest BCUT2D eigenvalue weighted by Gasteiger charge is -2.22. The van der Waals surface area contributed by atoms with E-state index >= 15 is 0 Å². The molecular weight excluding hydrogens is 316 g/mol. The number of hydrogen-bond donors (Lipinski definition) is 0. The van der Waals surface area contributed by atoms with E-state index in [2.05, 4.69) is 11.8 Å². The van der Waals surface area contributed by atoms with Gasteiger partial charge >= 0.3 is 0 Å². The average Bonchev–Trinajstić information content (AvgIpc) is 2.53. The predicted octanol–water partition coefficient (Wildman–Crippen LogP) is 6.25. The normalized spacial score (nSPS) is 20.2. The Balaban J connectivity index is 2.02. The molecule has 0 unspecified atom stereocenters. The monoisotopic (exact) mass is 338 g/mol. The molecule has 0 radical (unpaired) electrons. The van der Waals surface area contributed by atoms with Crippen LogP contribution in [0.5, 0.6) is 0 Å². The van der Waals surface area contributed by atoms with Crippen molar-refractivity contribution in [3.05, 3.63) is 47.1 Å². The topological polar surface area (TPSA) is 0 Å². The molecule has 1 saturated carbocycles. The van der Waals surface area contributed by atoms with Gasteiger partial charge in [-0.1, -0.05) is 25.2 Å². The fourth-order valence-corrected chi connectivity index (χ4v) is 3.05.